The topological polar surface area (TPSA) is 30.0 Å². The Balaban J connectivity index is 3.47. The van der Waals surface area contributed by atoms with Crippen molar-refractivity contribution in [3.05, 3.63) is 26.6 Å². The lowest BCUT2D eigenvalue weighted by molar-refractivity contribution is -0.138. The molecule has 0 atom stereocenters. The van der Waals surface area contributed by atoms with Crippen LogP contribution in [0.2, 0.25) is 0 Å². The molecule has 1 heterocycles. The van der Waals surface area contributed by atoms with Crippen LogP contribution in [0.15, 0.2) is 6.07 Å². The van der Waals surface area contributed by atoms with E-state index >= 15 is 0 Å². The van der Waals surface area contributed by atoms with Gasteiger partial charge in [-0.05, 0) is 28.7 Å². The van der Waals surface area contributed by atoms with E-state index in [4.69, 9.17) is 0 Å². The van der Waals surface area contributed by atoms with Gasteiger partial charge in [-0.15, -0.1) is 0 Å². The molecule has 16 heavy (non-hydrogen) atoms. The van der Waals surface area contributed by atoms with Gasteiger partial charge in [0.25, 0.3) is 6.43 Å². The van der Waals surface area contributed by atoms with Crippen molar-refractivity contribution >= 4 is 28.9 Å². The standard InChI is InChI=1S/C8H3F5INO/c9-6(10)4-1-3(2-16)5(7(14)15-4)8(11,12)13/h1-2,6H. The van der Waals surface area contributed by atoms with E-state index in [2.05, 4.69) is 4.98 Å². The maximum atomic E-state index is 12.4. The molecule has 0 saturated carbocycles. The number of nitrogens with zero attached hydrogens (tertiary/aromatic N) is 1. The van der Waals surface area contributed by atoms with Gasteiger partial charge >= 0.3 is 6.18 Å². The summed E-state index contributed by atoms with van der Waals surface area (Å²) < 4.78 is 61.1. The molecule has 0 saturated heterocycles. The fraction of sp³-hybridized carbons (Fsp3) is 0.250. The predicted molar refractivity (Wildman–Crippen MR) is 52.3 cm³/mol. The van der Waals surface area contributed by atoms with E-state index in [0.717, 1.165) is 0 Å². The molecule has 0 aromatic carbocycles. The van der Waals surface area contributed by atoms with E-state index in [1.807, 2.05) is 0 Å². The van der Waals surface area contributed by atoms with Crippen molar-refractivity contribution in [1.82, 2.24) is 4.98 Å². The Hall–Kier alpha value is -0.800. The average molecular weight is 351 g/mol. The molecule has 0 N–H and O–H groups in total. The Bertz CT molecular complexity index is 418. The number of alkyl halides is 5. The molecule has 0 fully saturated rings. The van der Waals surface area contributed by atoms with Crippen LogP contribution in [0.5, 0.6) is 0 Å². The monoisotopic (exact) mass is 351 g/mol. The molecule has 1 aromatic rings. The Morgan fingerprint density at radius 2 is 1.94 bits per heavy atom. The molecule has 1 aromatic heterocycles. The van der Waals surface area contributed by atoms with E-state index in [1.54, 1.807) is 0 Å². The molecule has 88 valence electrons. The van der Waals surface area contributed by atoms with Gasteiger partial charge in [0.1, 0.15) is 9.39 Å². The van der Waals surface area contributed by atoms with Crippen LogP contribution in [0.25, 0.3) is 0 Å². The lowest BCUT2D eigenvalue weighted by Gasteiger charge is -2.12. The average Bonchev–Trinajstić information content (AvgIpc) is 2.14. The number of hydrogen-bond donors (Lipinski definition) is 0. The largest absolute Gasteiger partial charge is 0.419 e. The summed E-state index contributed by atoms with van der Waals surface area (Å²) in [4.78, 5) is 13.5. The summed E-state index contributed by atoms with van der Waals surface area (Å²) >= 11 is 1.17. The van der Waals surface area contributed by atoms with Crippen LogP contribution < -0.4 is 0 Å². The molecular weight excluding hydrogens is 348 g/mol. The fourth-order valence-corrected chi connectivity index (χ4v) is 1.93. The normalized spacial score (nSPS) is 11.9. The predicted octanol–water partition coefficient (Wildman–Crippen LogP) is 3.46. The van der Waals surface area contributed by atoms with Crippen molar-refractivity contribution in [2.45, 2.75) is 12.6 Å². The highest BCUT2D eigenvalue weighted by Crippen LogP contribution is 2.35. The number of aldehydes is 1. The third kappa shape index (κ3) is 2.66. The van der Waals surface area contributed by atoms with Crippen molar-refractivity contribution in [3.8, 4) is 0 Å². The third-order valence-corrected chi connectivity index (χ3v) is 2.44. The summed E-state index contributed by atoms with van der Waals surface area (Å²) in [6, 6.07) is 0.447. The van der Waals surface area contributed by atoms with E-state index in [1.165, 1.54) is 22.6 Å². The Kier molecular flexibility index (Phi) is 3.81. The summed E-state index contributed by atoms with van der Waals surface area (Å²) in [6.07, 6.45) is -7.92. The first kappa shape index (κ1) is 13.3. The second-order valence-corrected chi connectivity index (χ2v) is 3.74. The van der Waals surface area contributed by atoms with Crippen LogP contribution in [0, 0.1) is 3.70 Å². The molecule has 0 spiro atoms. The third-order valence-electron chi connectivity index (χ3n) is 1.66. The quantitative estimate of drug-likeness (QED) is 0.354. The van der Waals surface area contributed by atoms with Gasteiger partial charge in [-0.25, -0.2) is 13.8 Å². The fourth-order valence-electron chi connectivity index (χ4n) is 1.04. The zero-order valence-electron chi connectivity index (χ0n) is 7.36. The molecule has 8 heteroatoms. The van der Waals surface area contributed by atoms with Crippen LogP contribution >= 0.6 is 22.6 Å². The summed E-state index contributed by atoms with van der Waals surface area (Å²) in [6.45, 7) is 0. The van der Waals surface area contributed by atoms with Gasteiger partial charge in [-0.1, -0.05) is 0 Å². The van der Waals surface area contributed by atoms with Gasteiger partial charge in [0.05, 0.1) is 5.56 Å². The Morgan fingerprint density at radius 3 is 2.31 bits per heavy atom. The van der Waals surface area contributed by atoms with Gasteiger partial charge in [0.2, 0.25) is 0 Å². The summed E-state index contributed by atoms with van der Waals surface area (Å²) in [5.41, 5.74) is -2.96. The molecule has 0 unspecified atom stereocenters. The summed E-state index contributed by atoms with van der Waals surface area (Å²) in [7, 11) is 0. The molecular formula is C8H3F5INO. The number of rotatable bonds is 2. The molecule has 2 nitrogen and oxygen atoms in total. The van der Waals surface area contributed by atoms with Crippen molar-refractivity contribution in [3.63, 3.8) is 0 Å². The maximum Gasteiger partial charge on any atom is 0.419 e. The van der Waals surface area contributed by atoms with Gasteiger partial charge in [-0.2, -0.15) is 13.2 Å². The minimum atomic E-state index is -4.79. The molecule has 0 aliphatic heterocycles. The van der Waals surface area contributed by atoms with Crippen LogP contribution in [0.1, 0.15) is 28.0 Å². The second-order valence-electron chi connectivity index (χ2n) is 2.72. The van der Waals surface area contributed by atoms with Crippen molar-refractivity contribution in [2.75, 3.05) is 0 Å². The van der Waals surface area contributed by atoms with Gasteiger partial charge in [0, 0.05) is 5.56 Å². The highest BCUT2D eigenvalue weighted by Gasteiger charge is 2.37. The van der Waals surface area contributed by atoms with E-state index in [9.17, 15) is 26.7 Å². The molecule has 1 rings (SSSR count). The number of aromatic nitrogens is 1. The van der Waals surface area contributed by atoms with Crippen molar-refractivity contribution in [1.29, 1.82) is 0 Å². The Labute approximate surface area is 100.0 Å². The maximum absolute atomic E-state index is 12.4. The Morgan fingerprint density at radius 1 is 1.38 bits per heavy atom. The lowest BCUT2D eigenvalue weighted by atomic mass is 10.1. The van der Waals surface area contributed by atoms with E-state index in [0.29, 0.717) is 6.07 Å². The van der Waals surface area contributed by atoms with Crippen molar-refractivity contribution in [2.24, 2.45) is 0 Å². The van der Waals surface area contributed by atoms with Crippen LogP contribution in [0.4, 0.5) is 22.0 Å². The smallest absolute Gasteiger partial charge is 0.298 e. The number of pyridine rings is 1. The van der Waals surface area contributed by atoms with Gasteiger partial charge < -0.3 is 0 Å². The van der Waals surface area contributed by atoms with Gasteiger partial charge in [-0.3, -0.25) is 4.79 Å². The van der Waals surface area contributed by atoms with Crippen LogP contribution in [0.3, 0.4) is 0 Å². The molecule has 0 amide bonds. The number of carbonyl (C=O) groups is 1. The first-order valence-electron chi connectivity index (χ1n) is 3.78. The first-order chi connectivity index (χ1) is 7.27. The number of carbonyl (C=O) groups excluding carboxylic acids is 1. The molecule has 0 aliphatic carbocycles. The SMILES string of the molecule is O=Cc1cc(C(F)F)nc(I)c1C(F)(F)F. The second kappa shape index (κ2) is 4.60. The molecule has 0 bridgehead atoms. The van der Waals surface area contributed by atoms with Gasteiger partial charge in [0.15, 0.2) is 6.29 Å². The minimum absolute atomic E-state index is 0.113. The van der Waals surface area contributed by atoms with E-state index < -0.39 is 33.1 Å². The molecule has 0 aliphatic rings. The van der Waals surface area contributed by atoms with Crippen LogP contribution in [-0.2, 0) is 6.18 Å². The number of hydrogen-bond acceptors (Lipinski definition) is 2. The zero-order valence-corrected chi connectivity index (χ0v) is 9.51. The lowest BCUT2D eigenvalue weighted by Crippen LogP contribution is -2.14. The highest BCUT2D eigenvalue weighted by atomic mass is 127. The van der Waals surface area contributed by atoms with Crippen LogP contribution in [-0.4, -0.2) is 11.3 Å². The highest BCUT2D eigenvalue weighted by molar-refractivity contribution is 14.1. The number of halogens is 6. The molecule has 0 radical (unpaired) electrons. The zero-order chi connectivity index (χ0) is 12.5. The van der Waals surface area contributed by atoms with E-state index in [-0.39, 0.29) is 6.29 Å². The summed E-state index contributed by atoms with van der Waals surface area (Å²) in [5.74, 6) is 0. The van der Waals surface area contributed by atoms with Crippen molar-refractivity contribution < 1.29 is 26.7 Å². The first-order valence-corrected chi connectivity index (χ1v) is 4.86. The minimum Gasteiger partial charge on any atom is -0.298 e. The summed E-state index contributed by atoms with van der Waals surface area (Å²) in [5, 5.41) is 0.